The summed E-state index contributed by atoms with van der Waals surface area (Å²) < 4.78 is 4.38. The summed E-state index contributed by atoms with van der Waals surface area (Å²) in [5, 5.41) is -0.706. The third-order valence-electron chi connectivity index (χ3n) is 0.891. The number of esters is 1. The van der Waals surface area contributed by atoms with Crippen LogP contribution in [0, 0.1) is 0 Å². The van der Waals surface area contributed by atoms with Crippen LogP contribution < -0.4 is 0 Å². The van der Waals surface area contributed by atoms with Crippen LogP contribution in [0.4, 0.5) is 0 Å². The Morgan fingerprint density at radius 1 is 1.80 bits per heavy atom. The van der Waals surface area contributed by atoms with Gasteiger partial charge in [0.15, 0.2) is 0 Å². The maximum absolute atomic E-state index is 10.7. The molecule has 0 aromatic carbocycles. The Morgan fingerprint density at radius 3 is 2.60 bits per heavy atom. The van der Waals surface area contributed by atoms with E-state index in [0.717, 1.165) is 0 Å². The van der Waals surface area contributed by atoms with Crippen molar-refractivity contribution in [2.45, 2.75) is 10.2 Å². The number of carbonyl (C=O) groups is 1. The lowest BCUT2D eigenvalue weighted by atomic mass is 10.3. The minimum Gasteiger partial charge on any atom is -0.468 e. The first-order chi connectivity index (χ1) is 4.63. The van der Waals surface area contributed by atoms with Gasteiger partial charge < -0.3 is 4.74 Å². The molecule has 2 atom stereocenters. The van der Waals surface area contributed by atoms with E-state index in [1.54, 1.807) is 0 Å². The zero-order valence-electron chi connectivity index (χ0n) is 5.31. The fourth-order valence-corrected chi connectivity index (χ4v) is 1.00. The molecule has 0 N–H and O–H groups in total. The van der Waals surface area contributed by atoms with E-state index in [4.69, 9.17) is 23.2 Å². The zero-order valence-corrected chi connectivity index (χ0v) is 8.41. The maximum atomic E-state index is 10.7. The molecule has 0 aliphatic rings. The van der Waals surface area contributed by atoms with Crippen LogP contribution in [-0.2, 0) is 9.53 Å². The molecule has 0 heterocycles. The first kappa shape index (κ1) is 10.5. The third-order valence-corrected chi connectivity index (χ3v) is 3.24. The quantitative estimate of drug-likeness (QED) is 0.563. The molecule has 0 rings (SSSR count). The Kier molecular flexibility index (Phi) is 5.49. The molecule has 5 heteroatoms. The number of hydrogen-bond acceptors (Lipinski definition) is 2. The van der Waals surface area contributed by atoms with Crippen LogP contribution in [0.25, 0.3) is 0 Å². The predicted octanol–water partition coefficient (Wildman–Crippen LogP) is 1.77. The van der Waals surface area contributed by atoms with Gasteiger partial charge in [0.05, 0.1) is 11.9 Å². The van der Waals surface area contributed by atoms with Crippen molar-refractivity contribution in [1.82, 2.24) is 0 Å². The van der Waals surface area contributed by atoms with Gasteiger partial charge in [-0.3, -0.25) is 4.79 Å². The second kappa shape index (κ2) is 5.22. The highest BCUT2D eigenvalue weighted by atomic mass is 79.9. The number of methoxy groups -OCH3 is 1. The summed E-state index contributed by atoms with van der Waals surface area (Å²) in [5.74, 6) is -0.187. The van der Waals surface area contributed by atoms with Crippen LogP contribution in [0.5, 0.6) is 0 Å². The molecule has 0 aliphatic heterocycles. The standard InChI is InChI=1S/C5H7BrCl2O2/c1-10-5(9)4(8)3(6)2-7/h3-4H,2H2,1H3. The fourth-order valence-electron chi connectivity index (χ4n) is 0.338. The van der Waals surface area contributed by atoms with E-state index >= 15 is 0 Å². The maximum Gasteiger partial charge on any atom is 0.324 e. The molecule has 2 nitrogen and oxygen atoms in total. The number of alkyl halides is 3. The lowest BCUT2D eigenvalue weighted by Crippen LogP contribution is -2.26. The van der Waals surface area contributed by atoms with Crippen LogP contribution in [0.15, 0.2) is 0 Å². The van der Waals surface area contributed by atoms with Gasteiger partial charge in [-0.1, -0.05) is 15.9 Å². The SMILES string of the molecule is COC(=O)C(Cl)C(Br)CCl. The molecule has 0 spiro atoms. The van der Waals surface area contributed by atoms with Gasteiger partial charge in [0, 0.05) is 5.88 Å². The van der Waals surface area contributed by atoms with Gasteiger partial charge >= 0.3 is 5.97 Å². The lowest BCUT2D eigenvalue weighted by Gasteiger charge is -2.09. The molecule has 10 heavy (non-hydrogen) atoms. The van der Waals surface area contributed by atoms with Crippen LogP contribution >= 0.6 is 39.1 Å². The molecule has 0 aromatic heterocycles. The van der Waals surface area contributed by atoms with E-state index < -0.39 is 11.3 Å². The molecule has 0 radical (unpaired) electrons. The minimum atomic E-state index is -0.706. The highest BCUT2D eigenvalue weighted by Crippen LogP contribution is 2.14. The van der Waals surface area contributed by atoms with E-state index in [0.29, 0.717) is 0 Å². The van der Waals surface area contributed by atoms with Crippen molar-refractivity contribution >= 4 is 45.1 Å². The molecule has 0 bridgehead atoms. The van der Waals surface area contributed by atoms with Crippen molar-refractivity contribution in [2.24, 2.45) is 0 Å². The number of ether oxygens (including phenoxy) is 1. The Morgan fingerprint density at radius 2 is 2.30 bits per heavy atom. The second-order valence-corrected chi connectivity index (χ2v) is 3.55. The van der Waals surface area contributed by atoms with Crippen molar-refractivity contribution < 1.29 is 9.53 Å². The summed E-state index contributed by atoms with van der Waals surface area (Å²) in [5.41, 5.74) is 0. The van der Waals surface area contributed by atoms with Crippen LogP contribution in [0.1, 0.15) is 0 Å². The normalized spacial score (nSPS) is 16.0. The van der Waals surface area contributed by atoms with Crippen LogP contribution in [0.3, 0.4) is 0 Å². The summed E-state index contributed by atoms with van der Waals surface area (Å²) in [6, 6.07) is 0. The van der Waals surface area contributed by atoms with E-state index in [1.165, 1.54) is 7.11 Å². The summed E-state index contributed by atoms with van der Waals surface area (Å²) in [4.78, 5) is 10.4. The molecule has 0 aliphatic carbocycles. The van der Waals surface area contributed by atoms with E-state index in [-0.39, 0.29) is 10.7 Å². The fraction of sp³-hybridized carbons (Fsp3) is 0.800. The largest absolute Gasteiger partial charge is 0.468 e. The first-order valence-electron chi connectivity index (χ1n) is 2.55. The van der Waals surface area contributed by atoms with Gasteiger partial charge in [-0.05, 0) is 0 Å². The number of hydrogen-bond donors (Lipinski definition) is 0. The number of carbonyl (C=O) groups excluding carboxylic acids is 1. The summed E-state index contributed by atoms with van der Waals surface area (Å²) >= 11 is 14.1. The number of rotatable bonds is 3. The lowest BCUT2D eigenvalue weighted by molar-refractivity contribution is -0.140. The van der Waals surface area contributed by atoms with Gasteiger partial charge in [-0.25, -0.2) is 0 Å². The topological polar surface area (TPSA) is 26.3 Å². The van der Waals surface area contributed by atoms with E-state index in [2.05, 4.69) is 20.7 Å². The molecule has 0 amide bonds. The van der Waals surface area contributed by atoms with Crippen LogP contribution in [-0.4, -0.2) is 29.2 Å². The predicted molar refractivity (Wildman–Crippen MR) is 45.1 cm³/mol. The summed E-state index contributed by atoms with van der Waals surface area (Å²) in [6.45, 7) is 0. The molecule has 60 valence electrons. The number of halogens is 3. The average Bonchev–Trinajstić information content (AvgIpc) is 2.00. The van der Waals surface area contributed by atoms with Crippen molar-refractivity contribution in [2.75, 3.05) is 13.0 Å². The monoisotopic (exact) mass is 248 g/mol. The van der Waals surface area contributed by atoms with Crippen molar-refractivity contribution in [3.8, 4) is 0 Å². The van der Waals surface area contributed by atoms with Gasteiger partial charge in [-0.2, -0.15) is 0 Å². The zero-order chi connectivity index (χ0) is 8.15. The molecule has 0 saturated carbocycles. The van der Waals surface area contributed by atoms with E-state index in [9.17, 15) is 4.79 Å². The van der Waals surface area contributed by atoms with Crippen LogP contribution in [0.2, 0.25) is 0 Å². The molecule has 0 fully saturated rings. The van der Waals surface area contributed by atoms with E-state index in [1.807, 2.05) is 0 Å². The molecule has 0 aromatic rings. The van der Waals surface area contributed by atoms with Crippen molar-refractivity contribution in [3.63, 3.8) is 0 Å². The van der Waals surface area contributed by atoms with Gasteiger partial charge in [-0.15, -0.1) is 23.2 Å². The van der Waals surface area contributed by atoms with Gasteiger partial charge in [0.1, 0.15) is 5.38 Å². The summed E-state index contributed by atoms with van der Waals surface area (Å²) in [6.07, 6.45) is 0. The Labute approximate surface area is 77.9 Å². The molecule has 2 unspecified atom stereocenters. The Hall–Kier alpha value is 0.530. The van der Waals surface area contributed by atoms with Crippen molar-refractivity contribution in [1.29, 1.82) is 0 Å². The second-order valence-electron chi connectivity index (χ2n) is 1.60. The highest BCUT2D eigenvalue weighted by molar-refractivity contribution is 9.09. The molecular weight excluding hydrogens is 243 g/mol. The van der Waals surface area contributed by atoms with Gasteiger partial charge in [0.2, 0.25) is 0 Å². The minimum absolute atomic E-state index is 0.233. The smallest absolute Gasteiger partial charge is 0.324 e. The molecule has 0 saturated heterocycles. The molecular formula is C5H7BrCl2O2. The third kappa shape index (κ3) is 3.08. The van der Waals surface area contributed by atoms with Crippen molar-refractivity contribution in [3.05, 3.63) is 0 Å². The highest BCUT2D eigenvalue weighted by Gasteiger charge is 2.23. The Bertz CT molecular complexity index is 120. The Balaban J connectivity index is 3.81. The summed E-state index contributed by atoms with van der Waals surface area (Å²) in [7, 11) is 1.28. The first-order valence-corrected chi connectivity index (χ1v) is 4.44. The average molecular weight is 250 g/mol. The van der Waals surface area contributed by atoms with Gasteiger partial charge in [0.25, 0.3) is 0 Å².